The van der Waals surface area contributed by atoms with Gasteiger partial charge in [-0.1, -0.05) is 13.8 Å². The number of benzene rings is 2. The number of aromatic hydroxyl groups is 1. The van der Waals surface area contributed by atoms with E-state index in [-0.39, 0.29) is 17.3 Å². The van der Waals surface area contributed by atoms with Crippen LogP contribution in [0.4, 0.5) is 0 Å². The molecule has 33 heavy (non-hydrogen) atoms. The molecule has 3 aromatic rings. The predicted molar refractivity (Wildman–Crippen MR) is 129 cm³/mol. The monoisotopic (exact) mass is 446 g/mol. The fourth-order valence-corrected chi connectivity index (χ4v) is 5.38. The largest absolute Gasteiger partial charge is 0.507 e. The van der Waals surface area contributed by atoms with Gasteiger partial charge in [-0.3, -0.25) is 9.69 Å². The number of phenols is 1. The van der Waals surface area contributed by atoms with Gasteiger partial charge in [0.15, 0.2) is 5.76 Å². The van der Waals surface area contributed by atoms with Crippen LogP contribution in [0.15, 0.2) is 42.3 Å². The Bertz CT molecular complexity index is 1260. The number of nitrogens with zero attached hydrogens (tertiary/aromatic N) is 2. The van der Waals surface area contributed by atoms with Crippen LogP contribution in [-0.2, 0) is 13.6 Å². The molecule has 2 aliphatic heterocycles. The molecule has 0 bridgehead atoms. The molecule has 0 saturated carbocycles. The number of piperidine rings is 1. The summed E-state index contributed by atoms with van der Waals surface area (Å²) in [5.74, 6) is 2.73. The van der Waals surface area contributed by atoms with E-state index in [2.05, 4.69) is 18.7 Å². The molecular weight excluding hydrogens is 416 g/mol. The SMILES string of the molecule is COc1ccc2c(c1)c(/C=C1/Oc3c(ccc(O)c3CN3C[C@H](C)C[C@H](C)C3)C1=O)cn2C. The second-order valence-corrected chi connectivity index (χ2v) is 9.60. The Hall–Kier alpha value is -3.25. The molecule has 2 aliphatic rings. The number of rotatable bonds is 4. The summed E-state index contributed by atoms with van der Waals surface area (Å²) in [4.78, 5) is 15.6. The summed E-state index contributed by atoms with van der Waals surface area (Å²) in [6, 6.07) is 9.15. The van der Waals surface area contributed by atoms with Crippen molar-refractivity contribution in [3.8, 4) is 17.2 Å². The van der Waals surface area contributed by atoms with Gasteiger partial charge < -0.3 is 19.1 Å². The molecule has 1 aromatic heterocycles. The minimum Gasteiger partial charge on any atom is -0.507 e. The van der Waals surface area contributed by atoms with Gasteiger partial charge in [0.1, 0.15) is 17.2 Å². The number of phenolic OH excluding ortho intramolecular Hbond substituents is 1. The number of hydrogen-bond donors (Lipinski definition) is 1. The second-order valence-electron chi connectivity index (χ2n) is 9.60. The molecule has 172 valence electrons. The number of allylic oxidation sites excluding steroid dienone is 1. The van der Waals surface area contributed by atoms with Crippen LogP contribution in [0.3, 0.4) is 0 Å². The van der Waals surface area contributed by atoms with Crippen LogP contribution in [0.1, 0.15) is 41.8 Å². The lowest BCUT2D eigenvalue weighted by Crippen LogP contribution is -2.38. The zero-order chi connectivity index (χ0) is 23.3. The first-order valence-corrected chi connectivity index (χ1v) is 11.5. The summed E-state index contributed by atoms with van der Waals surface area (Å²) >= 11 is 0. The maximum atomic E-state index is 13.2. The van der Waals surface area contributed by atoms with E-state index in [4.69, 9.17) is 9.47 Å². The Kier molecular flexibility index (Phi) is 5.41. The molecule has 3 heterocycles. The predicted octanol–water partition coefficient (Wildman–Crippen LogP) is 4.99. The van der Waals surface area contributed by atoms with Gasteiger partial charge in [0.2, 0.25) is 5.78 Å². The van der Waals surface area contributed by atoms with Gasteiger partial charge >= 0.3 is 0 Å². The zero-order valence-corrected chi connectivity index (χ0v) is 19.6. The van der Waals surface area contributed by atoms with Crippen LogP contribution < -0.4 is 9.47 Å². The summed E-state index contributed by atoms with van der Waals surface area (Å²) in [7, 11) is 3.61. The van der Waals surface area contributed by atoms with Crippen molar-refractivity contribution >= 4 is 22.8 Å². The lowest BCUT2D eigenvalue weighted by Gasteiger charge is -2.35. The van der Waals surface area contributed by atoms with E-state index in [1.54, 1.807) is 25.3 Å². The van der Waals surface area contributed by atoms with Crippen molar-refractivity contribution in [1.82, 2.24) is 9.47 Å². The quantitative estimate of drug-likeness (QED) is 0.572. The number of carbonyl (C=O) groups is 1. The first kappa shape index (κ1) is 21.6. The maximum absolute atomic E-state index is 13.2. The molecule has 6 nitrogen and oxygen atoms in total. The summed E-state index contributed by atoms with van der Waals surface area (Å²) in [6.45, 7) is 7.04. The van der Waals surface area contributed by atoms with Crippen molar-refractivity contribution in [2.75, 3.05) is 20.2 Å². The van der Waals surface area contributed by atoms with E-state index in [1.807, 2.05) is 36.0 Å². The van der Waals surface area contributed by atoms with E-state index in [0.717, 1.165) is 35.3 Å². The van der Waals surface area contributed by atoms with Crippen LogP contribution in [0.5, 0.6) is 17.2 Å². The highest BCUT2D eigenvalue weighted by Gasteiger charge is 2.33. The maximum Gasteiger partial charge on any atom is 0.231 e. The first-order chi connectivity index (χ1) is 15.8. The first-order valence-electron chi connectivity index (χ1n) is 11.5. The average Bonchev–Trinajstić information content (AvgIpc) is 3.26. The van der Waals surface area contributed by atoms with E-state index in [0.29, 0.717) is 35.3 Å². The molecule has 1 saturated heterocycles. The molecule has 0 unspecified atom stereocenters. The van der Waals surface area contributed by atoms with E-state index >= 15 is 0 Å². The topological polar surface area (TPSA) is 63.9 Å². The van der Waals surface area contributed by atoms with Crippen LogP contribution in [0, 0.1) is 11.8 Å². The van der Waals surface area contributed by atoms with Crippen molar-refractivity contribution in [3.63, 3.8) is 0 Å². The van der Waals surface area contributed by atoms with Crippen molar-refractivity contribution in [2.24, 2.45) is 18.9 Å². The minimum atomic E-state index is -0.161. The summed E-state index contributed by atoms with van der Waals surface area (Å²) in [5, 5.41) is 11.6. The fourth-order valence-electron chi connectivity index (χ4n) is 5.38. The zero-order valence-electron chi connectivity index (χ0n) is 19.6. The van der Waals surface area contributed by atoms with Gasteiger partial charge in [-0.25, -0.2) is 0 Å². The molecule has 0 radical (unpaired) electrons. The number of carbonyl (C=O) groups excluding carboxylic acids is 1. The number of ketones is 1. The number of ether oxygens (including phenoxy) is 2. The highest BCUT2D eigenvalue weighted by Crippen LogP contribution is 2.41. The third-order valence-electron chi connectivity index (χ3n) is 6.76. The Morgan fingerprint density at radius 3 is 2.67 bits per heavy atom. The number of aryl methyl sites for hydroxylation is 1. The van der Waals surface area contributed by atoms with E-state index in [9.17, 15) is 9.90 Å². The number of aromatic nitrogens is 1. The Labute approximate surface area is 194 Å². The summed E-state index contributed by atoms with van der Waals surface area (Å²) in [5.41, 5.74) is 3.11. The third-order valence-corrected chi connectivity index (χ3v) is 6.76. The molecule has 0 spiro atoms. The number of fused-ring (bicyclic) bond motifs is 2. The number of Topliss-reactive ketones (excluding diaryl/α,β-unsaturated/α-hetero) is 1. The second kappa shape index (κ2) is 8.27. The standard InChI is InChI=1S/C27H30N2O4/c1-16-9-17(2)13-29(12-16)15-22-24(30)8-6-20-26(31)25(33-27(20)22)10-18-14-28(3)23-7-5-19(32-4)11-21(18)23/h5-8,10-11,14,16-17,30H,9,12-13,15H2,1-4H3/b25-10+/t16-,17+. The normalized spacial score (nSPS) is 22.1. The molecule has 5 rings (SSSR count). The average molecular weight is 447 g/mol. The van der Waals surface area contributed by atoms with Gasteiger partial charge in [0.25, 0.3) is 0 Å². The Balaban J connectivity index is 1.50. The molecule has 6 heteroatoms. The Morgan fingerprint density at radius 2 is 1.94 bits per heavy atom. The van der Waals surface area contributed by atoms with E-state index in [1.165, 1.54) is 6.42 Å². The van der Waals surface area contributed by atoms with E-state index < -0.39 is 0 Å². The molecule has 2 aromatic carbocycles. The highest BCUT2D eigenvalue weighted by molar-refractivity contribution is 6.15. The minimum absolute atomic E-state index is 0.161. The number of methoxy groups -OCH3 is 1. The number of likely N-dealkylation sites (tertiary alicyclic amines) is 1. The third kappa shape index (κ3) is 3.89. The lowest BCUT2D eigenvalue weighted by atomic mass is 9.91. The lowest BCUT2D eigenvalue weighted by molar-refractivity contribution is 0.101. The smallest absolute Gasteiger partial charge is 0.231 e. The molecule has 2 atom stereocenters. The molecule has 0 amide bonds. The van der Waals surface area contributed by atoms with Gasteiger partial charge in [-0.2, -0.15) is 0 Å². The van der Waals surface area contributed by atoms with Crippen molar-refractivity contribution < 1.29 is 19.4 Å². The van der Waals surface area contributed by atoms with Crippen molar-refractivity contribution in [1.29, 1.82) is 0 Å². The Morgan fingerprint density at radius 1 is 1.18 bits per heavy atom. The van der Waals surface area contributed by atoms with Crippen LogP contribution in [0.25, 0.3) is 17.0 Å². The van der Waals surface area contributed by atoms with Crippen molar-refractivity contribution in [3.05, 3.63) is 59.0 Å². The molecule has 0 aliphatic carbocycles. The fraction of sp³-hybridized carbons (Fsp3) is 0.370. The van der Waals surface area contributed by atoms with Crippen molar-refractivity contribution in [2.45, 2.75) is 26.8 Å². The van der Waals surface area contributed by atoms with Gasteiger partial charge in [0.05, 0.1) is 18.2 Å². The van der Waals surface area contributed by atoms with Crippen LogP contribution in [0.2, 0.25) is 0 Å². The van der Waals surface area contributed by atoms with Gasteiger partial charge in [-0.15, -0.1) is 0 Å². The van der Waals surface area contributed by atoms with Crippen LogP contribution in [-0.4, -0.2) is 40.6 Å². The molecule has 1 N–H and O–H groups in total. The summed E-state index contributed by atoms with van der Waals surface area (Å²) in [6.07, 6.45) is 4.98. The van der Waals surface area contributed by atoms with Gasteiger partial charge in [0, 0.05) is 49.3 Å². The van der Waals surface area contributed by atoms with Crippen LogP contribution >= 0.6 is 0 Å². The molecule has 1 fully saturated rings. The van der Waals surface area contributed by atoms with Gasteiger partial charge in [-0.05, 0) is 54.7 Å². The molecular formula is C27H30N2O4. The summed E-state index contributed by atoms with van der Waals surface area (Å²) < 4.78 is 13.5. The number of hydrogen-bond acceptors (Lipinski definition) is 5. The highest BCUT2D eigenvalue weighted by atomic mass is 16.5.